The molecule has 1 nitrogen and oxygen atoms in total. The summed E-state index contributed by atoms with van der Waals surface area (Å²) in [6.07, 6.45) is 5.00. The van der Waals surface area contributed by atoms with Gasteiger partial charge in [0.1, 0.15) is 27.9 Å². The first-order valence-corrected chi connectivity index (χ1v) is 9.08. The van der Waals surface area contributed by atoms with Gasteiger partial charge in [0.2, 0.25) is 0 Å². The third-order valence-corrected chi connectivity index (χ3v) is 6.91. The Morgan fingerprint density at radius 1 is 1.19 bits per heavy atom. The summed E-state index contributed by atoms with van der Waals surface area (Å²) in [7, 11) is 2.33. The van der Waals surface area contributed by atoms with E-state index in [1.54, 1.807) is 5.70 Å². The summed E-state index contributed by atoms with van der Waals surface area (Å²) in [5.41, 5.74) is 4.43. The van der Waals surface area contributed by atoms with Crippen LogP contribution in [0.5, 0.6) is 0 Å². The highest BCUT2D eigenvalue weighted by Gasteiger charge is 2.47. The van der Waals surface area contributed by atoms with Crippen LogP contribution in [0.2, 0.25) is 0 Å². The summed E-state index contributed by atoms with van der Waals surface area (Å²) < 4.78 is 3.18. The molecule has 1 aromatic carbocycles. The molecule has 0 fully saturated rings. The van der Waals surface area contributed by atoms with Gasteiger partial charge in [-0.05, 0) is 38.3 Å². The molecule has 2 aliphatic rings. The van der Waals surface area contributed by atoms with Crippen molar-refractivity contribution in [1.82, 2.24) is 0 Å². The minimum Gasteiger partial charge on any atom is -1.00 e. The molecule has 0 saturated carbocycles. The van der Waals surface area contributed by atoms with Crippen molar-refractivity contribution in [2.45, 2.75) is 38.6 Å². The second-order valence-corrected chi connectivity index (χ2v) is 8.66. The average Bonchev–Trinajstić information content (AvgIpc) is 2.72. The predicted molar refractivity (Wildman–Crippen MR) is 94.4 cm³/mol. The van der Waals surface area contributed by atoms with Gasteiger partial charge in [-0.3, -0.25) is 0 Å². The summed E-state index contributed by atoms with van der Waals surface area (Å²) >= 11 is 11.0. The maximum absolute atomic E-state index is 5.64. The molecule has 1 aliphatic carbocycles. The van der Waals surface area contributed by atoms with E-state index in [1.807, 2.05) is 11.9 Å². The highest BCUT2D eigenvalue weighted by Crippen LogP contribution is 2.52. The van der Waals surface area contributed by atoms with Gasteiger partial charge in [0.25, 0.3) is 0 Å². The second-order valence-electron chi connectivity index (χ2n) is 5.73. The molecule has 1 aromatic rings. The molecule has 3 rings (SSSR count). The number of hydrogen-bond acceptors (Lipinski definition) is 2. The molecule has 0 radical (unpaired) electrons. The smallest absolute Gasteiger partial charge is 0.138 e. The third kappa shape index (κ3) is 3.27. The maximum Gasteiger partial charge on any atom is 0.138 e. The van der Waals surface area contributed by atoms with E-state index in [0.717, 1.165) is 12.6 Å². The lowest BCUT2D eigenvalue weighted by Gasteiger charge is -2.36. The van der Waals surface area contributed by atoms with Crippen molar-refractivity contribution in [3.8, 4) is 0 Å². The van der Waals surface area contributed by atoms with Gasteiger partial charge in [-0.15, -0.1) is 0 Å². The Labute approximate surface area is 162 Å². The monoisotopic (exact) mass is 495 g/mol. The van der Waals surface area contributed by atoms with Crippen LogP contribution in [0.1, 0.15) is 44.2 Å². The SMILES string of the molecule is CC(c1ccc(Br)cc1)[N+]1(C)SC(=S)C2=C1CCCC2.[I-]. The topological polar surface area (TPSA) is 0 Å². The molecule has 0 saturated heterocycles. The Kier molecular flexibility index (Phi) is 5.96. The number of quaternary nitrogens is 1. The van der Waals surface area contributed by atoms with E-state index in [1.165, 1.54) is 36.8 Å². The Morgan fingerprint density at radius 3 is 2.48 bits per heavy atom. The Morgan fingerprint density at radius 2 is 1.81 bits per heavy atom. The van der Waals surface area contributed by atoms with Crippen molar-refractivity contribution in [1.29, 1.82) is 0 Å². The number of allylic oxidation sites excluding steroid dienone is 1. The number of nitrogens with zero attached hydrogens (tertiary/aromatic N) is 1. The van der Waals surface area contributed by atoms with Crippen molar-refractivity contribution >= 4 is 44.3 Å². The zero-order chi connectivity index (χ0) is 14.3. The van der Waals surface area contributed by atoms with Crippen LogP contribution in [0.15, 0.2) is 40.0 Å². The second kappa shape index (κ2) is 6.99. The van der Waals surface area contributed by atoms with Crippen LogP contribution in [0.3, 0.4) is 0 Å². The number of thiocarbonyl (C=S) groups is 1. The molecule has 1 heterocycles. The van der Waals surface area contributed by atoms with Crippen LogP contribution in [0.4, 0.5) is 0 Å². The van der Waals surface area contributed by atoms with E-state index < -0.39 is 0 Å². The van der Waals surface area contributed by atoms with Gasteiger partial charge in [0.05, 0.1) is 7.05 Å². The molecule has 0 bridgehead atoms. The van der Waals surface area contributed by atoms with Crippen molar-refractivity contribution < 1.29 is 27.9 Å². The summed E-state index contributed by atoms with van der Waals surface area (Å²) in [6, 6.07) is 9.14. The van der Waals surface area contributed by atoms with Gasteiger partial charge >= 0.3 is 0 Å². The number of hydrogen-bond donors (Lipinski definition) is 0. The molecule has 2 unspecified atom stereocenters. The molecule has 0 N–H and O–H groups in total. The van der Waals surface area contributed by atoms with Crippen LogP contribution in [0.25, 0.3) is 0 Å². The lowest BCUT2D eigenvalue weighted by atomic mass is 9.95. The molecule has 21 heavy (non-hydrogen) atoms. The minimum absolute atomic E-state index is 0. The Hall–Kier alpha value is 0.570. The van der Waals surface area contributed by atoms with Gasteiger partial charge in [-0.2, -0.15) is 0 Å². The zero-order valence-corrected chi connectivity index (χ0v) is 17.6. The van der Waals surface area contributed by atoms with Crippen LogP contribution in [0, 0.1) is 0 Å². The van der Waals surface area contributed by atoms with E-state index in [2.05, 4.69) is 54.2 Å². The van der Waals surface area contributed by atoms with Crippen molar-refractivity contribution in [2.24, 2.45) is 0 Å². The molecule has 0 spiro atoms. The summed E-state index contributed by atoms with van der Waals surface area (Å²) in [6.45, 7) is 2.32. The molecule has 1 aliphatic heterocycles. The zero-order valence-electron chi connectivity index (χ0n) is 12.2. The minimum atomic E-state index is 0. The quantitative estimate of drug-likeness (QED) is 0.268. The predicted octanol–water partition coefficient (Wildman–Crippen LogP) is 2.78. The van der Waals surface area contributed by atoms with E-state index in [-0.39, 0.29) is 24.0 Å². The third-order valence-electron chi connectivity index (χ3n) is 4.59. The fourth-order valence-electron chi connectivity index (χ4n) is 3.22. The highest BCUT2D eigenvalue weighted by molar-refractivity contribution is 9.10. The molecular weight excluding hydrogens is 477 g/mol. The Balaban J connectivity index is 0.00000161. The first kappa shape index (κ1) is 17.9. The molecule has 114 valence electrons. The van der Waals surface area contributed by atoms with E-state index in [9.17, 15) is 0 Å². The lowest BCUT2D eigenvalue weighted by Crippen LogP contribution is -3.00. The fraction of sp³-hybridized carbons (Fsp3) is 0.438. The first-order chi connectivity index (χ1) is 9.52. The molecular formula is C16H19BrINS2. The van der Waals surface area contributed by atoms with E-state index >= 15 is 0 Å². The van der Waals surface area contributed by atoms with Gasteiger partial charge in [0, 0.05) is 22.0 Å². The van der Waals surface area contributed by atoms with E-state index in [0.29, 0.717) is 6.04 Å². The van der Waals surface area contributed by atoms with Crippen LogP contribution < -0.4 is 24.0 Å². The van der Waals surface area contributed by atoms with Crippen LogP contribution in [-0.2, 0) is 0 Å². The van der Waals surface area contributed by atoms with Gasteiger partial charge in [0.15, 0.2) is 0 Å². The van der Waals surface area contributed by atoms with E-state index in [4.69, 9.17) is 12.2 Å². The average molecular weight is 496 g/mol. The van der Waals surface area contributed by atoms with Crippen molar-refractivity contribution in [2.75, 3.05) is 7.05 Å². The molecule has 2 atom stereocenters. The van der Waals surface area contributed by atoms with Gasteiger partial charge in [-0.1, -0.05) is 40.3 Å². The molecule has 0 amide bonds. The van der Waals surface area contributed by atoms with Crippen LogP contribution in [-0.4, -0.2) is 15.1 Å². The first-order valence-electron chi connectivity index (χ1n) is 7.10. The summed E-state index contributed by atoms with van der Waals surface area (Å²) in [5, 5.41) is 0. The van der Waals surface area contributed by atoms with Crippen molar-refractivity contribution in [3.63, 3.8) is 0 Å². The number of benzene rings is 1. The van der Waals surface area contributed by atoms with Crippen molar-refractivity contribution in [3.05, 3.63) is 45.6 Å². The molecule has 5 heteroatoms. The summed E-state index contributed by atoms with van der Waals surface area (Å²) in [5.74, 6) is 0. The largest absolute Gasteiger partial charge is 1.00 e. The maximum atomic E-state index is 5.64. The molecule has 0 aromatic heterocycles. The van der Waals surface area contributed by atoms with Crippen LogP contribution >= 0.6 is 40.1 Å². The number of halogens is 2. The summed E-state index contributed by atoms with van der Waals surface area (Å²) in [4.78, 5) is 0. The normalized spacial score (nSPS) is 26.3. The highest BCUT2D eigenvalue weighted by atomic mass is 127. The fourth-order valence-corrected chi connectivity index (χ4v) is 5.44. The van der Waals surface area contributed by atoms with Gasteiger partial charge in [-0.25, -0.2) is 3.89 Å². The lowest BCUT2D eigenvalue weighted by molar-refractivity contribution is -0.765. The Bertz CT molecular complexity index is 584. The standard InChI is InChI=1S/C16H19BrNS2.HI/c1-11(12-7-9-13(17)10-8-12)18(2)15-6-4-3-5-14(15)16(19)20-18;/h7-11H,3-6H2,1-2H3;1H/q+1;/p-1. The number of rotatable bonds is 2. The van der Waals surface area contributed by atoms with Gasteiger partial charge < -0.3 is 24.0 Å².